The molecule has 2 aromatic carbocycles. The molecule has 2 aliphatic heterocycles. The number of nitrogens with zero attached hydrogens (tertiary/aromatic N) is 4. The summed E-state index contributed by atoms with van der Waals surface area (Å²) in [6, 6.07) is 15.1. The van der Waals surface area contributed by atoms with Crippen molar-refractivity contribution in [3.8, 4) is 0 Å². The number of aliphatic imine (C=N–C) groups is 1. The molecule has 0 saturated carbocycles. The molecule has 0 unspecified atom stereocenters. The lowest BCUT2D eigenvalue weighted by molar-refractivity contribution is -0.128. The van der Waals surface area contributed by atoms with E-state index in [0.717, 1.165) is 50.8 Å². The zero-order valence-corrected chi connectivity index (χ0v) is 20.8. The molecule has 0 aromatic heterocycles. The number of hydrogen-bond acceptors (Lipinski definition) is 3. The van der Waals surface area contributed by atoms with Gasteiger partial charge in [-0.05, 0) is 41.8 Å². The number of carbonyl (C=O) groups excluding carboxylic acids is 1. The topological polar surface area (TPSA) is 51.2 Å². The van der Waals surface area contributed by atoms with Crippen molar-refractivity contribution in [2.75, 3.05) is 44.7 Å². The van der Waals surface area contributed by atoms with Crippen molar-refractivity contribution in [2.24, 2.45) is 4.99 Å². The maximum Gasteiger partial charge on any atom is 0.222 e. The van der Waals surface area contributed by atoms with E-state index in [1.165, 1.54) is 23.3 Å². The zero-order chi connectivity index (χ0) is 21.6. The van der Waals surface area contributed by atoms with E-state index in [2.05, 4.69) is 44.4 Å². The van der Waals surface area contributed by atoms with Gasteiger partial charge in [-0.15, -0.1) is 24.0 Å². The molecule has 172 valence electrons. The standard InChI is InChI=1S/C24H30FN5O.HI/c1-26-24(29-15-13-28(14-16-29)22-10-8-21(25)9-11-22)27-17-19-4-6-20(7-5-19)18-30-12-2-3-23(30)31;/h4-11H,2-3,12-18H2,1H3,(H,26,27);1H. The third-order valence-corrected chi connectivity index (χ3v) is 6.00. The predicted molar refractivity (Wildman–Crippen MR) is 137 cm³/mol. The molecular formula is C24H31FIN5O. The maximum absolute atomic E-state index is 13.2. The third kappa shape index (κ3) is 6.11. The lowest BCUT2D eigenvalue weighted by Crippen LogP contribution is -2.52. The largest absolute Gasteiger partial charge is 0.368 e. The summed E-state index contributed by atoms with van der Waals surface area (Å²) in [5.41, 5.74) is 3.41. The lowest BCUT2D eigenvalue weighted by Gasteiger charge is -2.37. The third-order valence-electron chi connectivity index (χ3n) is 6.00. The van der Waals surface area contributed by atoms with Gasteiger partial charge in [0.15, 0.2) is 5.96 Å². The summed E-state index contributed by atoms with van der Waals surface area (Å²) in [6.45, 7) is 5.74. The molecule has 6 nitrogen and oxygen atoms in total. The van der Waals surface area contributed by atoms with Crippen LogP contribution in [0.3, 0.4) is 0 Å². The molecule has 1 N–H and O–H groups in total. The number of hydrogen-bond donors (Lipinski definition) is 1. The van der Waals surface area contributed by atoms with Crippen LogP contribution in [0.15, 0.2) is 53.5 Å². The highest BCUT2D eigenvalue weighted by molar-refractivity contribution is 14.0. The zero-order valence-electron chi connectivity index (χ0n) is 18.5. The number of benzene rings is 2. The molecule has 0 radical (unpaired) electrons. The van der Waals surface area contributed by atoms with Crippen LogP contribution in [0, 0.1) is 5.82 Å². The average molecular weight is 551 g/mol. The van der Waals surface area contributed by atoms with E-state index in [-0.39, 0.29) is 35.7 Å². The Bertz CT molecular complexity index is 911. The highest BCUT2D eigenvalue weighted by Crippen LogP contribution is 2.17. The fraction of sp³-hybridized carbons (Fsp3) is 0.417. The van der Waals surface area contributed by atoms with Crippen LogP contribution in [0.25, 0.3) is 0 Å². The number of nitrogens with one attached hydrogen (secondary N) is 1. The van der Waals surface area contributed by atoms with E-state index in [1.54, 1.807) is 0 Å². The Balaban J connectivity index is 0.00000289. The minimum Gasteiger partial charge on any atom is -0.368 e. The van der Waals surface area contributed by atoms with Crippen molar-refractivity contribution in [1.82, 2.24) is 15.1 Å². The number of carbonyl (C=O) groups is 1. The molecular weight excluding hydrogens is 520 g/mol. The summed E-state index contributed by atoms with van der Waals surface area (Å²) < 4.78 is 13.2. The van der Waals surface area contributed by atoms with Gasteiger partial charge >= 0.3 is 0 Å². The van der Waals surface area contributed by atoms with Crippen LogP contribution in [0.4, 0.5) is 10.1 Å². The molecule has 8 heteroatoms. The van der Waals surface area contributed by atoms with Gasteiger partial charge in [-0.2, -0.15) is 0 Å². The highest BCUT2D eigenvalue weighted by atomic mass is 127. The minimum atomic E-state index is -0.204. The number of guanidine groups is 1. The molecule has 2 saturated heterocycles. The molecule has 2 aromatic rings. The molecule has 32 heavy (non-hydrogen) atoms. The van der Waals surface area contributed by atoms with Crippen molar-refractivity contribution >= 4 is 41.5 Å². The summed E-state index contributed by atoms with van der Waals surface area (Å²) in [6.07, 6.45) is 1.65. The molecule has 2 fully saturated rings. The van der Waals surface area contributed by atoms with Crippen LogP contribution in [0.2, 0.25) is 0 Å². The highest BCUT2D eigenvalue weighted by Gasteiger charge is 2.21. The van der Waals surface area contributed by atoms with Crippen molar-refractivity contribution in [1.29, 1.82) is 0 Å². The number of halogens is 2. The first-order valence-electron chi connectivity index (χ1n) is 10.9. The molecule has 1 amide bonds. The monoisotopic (exact) mass is 551 g/mol. The Morgan fingerprint density at radius 3 is 2.22 bits per heavy atom. The van der Waals surface area contributed by atoms with Gasteiger partial charge in [-0.25, -0.2) is 4.39 Å². The number of rotatable bonds is 5. The van der Waals surface area contributed by atoms with E-state index in [9.17, 15) is 9.18 Å². The first kappa shape index (κ1) is 24.3. The van der Waals surface area contributed by atoms with Gasteiger partial charge < -0.3 is 20.0 Å². The fourth-order valence-electron chi connectivity index (χ4n) is 4.20. The van der Waals surface area contributed by atoms with Gasteiger partial charge in [0, 0.05) is 65.0 Å². The van der Waals surface area contributed by atoms with Crippen LogP contribution >= 0.6 is 24.0 Å². The Morgan fingerprint density at radius 1 is 0.969 bits per heavy atom. The van der Waals surface area contributed by atoms with Gasteiger partial charge in [0.1, 0.15) is 5.82 Å². The molecule has 0 spiro atoms. The van der Waals surface area contributed by atoms with Gasteiger partial charge in [-0.1, -0.05) is 24.3 Å². The Morgan fingerprint density at radius 2 is 1.62 bits per heavy atom. The summed E-state index contributed by atoms with van der Waals surface area (Å²) in [7, 11) is 1.81. The van der Waals surface area contributed by atoms with Gasteiger partial charge in [0.05, 0.1) is 0 Å². The first-order chi connectivity index (χ1) is 15.1. The normalized spacial score (nSPS) is 16.9. The summed E-state index contributed by atoms with van der Waals surface area (Å²) in [5.74, 6) is 0.948. The second kappa shape index (κ2) is 11.5. The quantitative estimate of drug-likeness (QED) is 0.352. The van der Waals surface area contributed by atoms with Gasteiger partial charge in [0.2, 0.25) is 5.91 Å². The van der Waals surface area contributed by atoms with E-state index in [0.29, 0.717) is 19.5 Å². The van der Waals surface area contributed by atoms with Crippen LogP contribution < -0.4 is 10.2 Å². The SMILES string of the molecule is CN=C(NCc1ccc(CN2CCCC2=O)cc1)N1CCN(c2ccc(F)cc2)CC1.I. The van der Waals surface area contributed by atoms with Crippen molar-refractivity contribution < 1.29 is 9.18 Å². The molecule has 2 heterocycles. The second-order valence-electron chi connectivity index (χ2n) is 8.09. The van der Waals surface area contributed by atoms with E-state index < -0.39 is 0 Å². The number of piperazine rings is 1. The van der Waals surface area contributed by atoms with Crippen molar-refractivity contribution in [3.63, 3.8) is 0 Å². The van der Waals surface area contributed by atoms with E-state index >= 15 is 0 Å². The summed E-state index contributed by atoms with van der Waals surface area (Å²) >= 11 is 0. The number of likely N-dealkylation sites (tertiary alicyclic amines) is 1. The summed E-state index contributed by atoms with van der Waals surface area (Å²) in [5, 5.41) is 3.46. The van der Waals surface area contributed by atoms with E-state index in [4.69, 9.17) is 0 Å². The van der Waals surface area contributed by atoms with Crippen LogP contribution in [0.1, 0.15) is 24.0 Å². The average Bonchev–Trinajstić information content (AvgIpc) is 3.20. The number of amides is 1. The van der Waals surface area contributed by atoms with E-state index in [1.807, 2.05) is 24.1 Å². The molecule has 2 aliphatic rings. The molecule has 0 atom stereocenters. The first-order valence-corrected chi connectivity index (χ1v) is 10.9. The molecule has 0 bridgehead atoms. The minimum absolute atomic E-state index is 0. The predicted octanol–water partition coefficient (Wildman–Crippen LogP) is 3.46. The second-order valence-corrected chi connectivity index (χ2v) is 8.09. The lowest BCUT2D eigenvalue weighted by atomic mass is 10.1. The van der Waals surface area contributed by atoms with Crippen molar-refractivity contribution in [2.45, 2.75) is 25.9 Å². The van der Waals surface area contributed by atoms with Gasteiger partial charge in [-0.3, -0.25) is 9.79 Å². The maximum atomic E-state index is 13.2. The van der Waals surface area contributed by atoms with Crippen LogP contribution in [-0.4, -0.2) is 61.4 Å². The van der Waals surface area contributed by atoms with Gasteiger partial charge in [0.25, 0.3) is 0 Å². The Hall–Kier alpha value is -2.36. The molecule has 4 rings (SSSR count). The van der Waals surface area contributed by atoms with Crippen molar-refractivity contribution in [3.05, 3.63) is 65.5 Å². The number of anilines is 1. The smallest absolute Gasteiger partial charge is 0.222 e. The van der Waals surface area contributed by atoms with Crippen LogP contribution in [0.5, 0.6) is 0 Å². The Kier molecular flexibility index (Phi) is 8.72. The Labute approximate surface area is 206 Å². The van der Waals surface area contributed by atoms with Crippen LogP contribution in [-0.2, 0) is 17.9 Å². The fourth-order valence-corrected chi connectivity index (χ4v) is 4.20. The summed E-state index contributed by atoms with van der Waals surface area (Å²) in [4.78, 5) is 22.7. The molecule has 0 aliphatic carbocycles.